The normalized spacial score (nSPS) is 15.7. The van der Waals surface area contributed by atoms with E-state index in [1.807, 2.05) is 0 Å². The highest BCUT2D eigenvalue weighted by atomic mass is 32.1. The van der Waals surface area contributed by atoms with E-state index < -0.39 is 4.92 Å². The van der Waals surface area contributed by atoms with Crippen molar-refractivity contribution in [3.63, 3.8) is 0 Å². The minimum Gasteiger partial charge on any atom is -0.312 e. The molecule has 1 heterocycles. The molecular formula is C15H20N2O3S. The van der Waals surface area contributed by atoms with Crippen molar-refractivity contribution < 1.29 is 9.72 Å². The van der Waals surface area contributed by atoms with Crippen LogP contribution in [0.5, 0.6) is 0 Å². The number of nitrogens with zero attached hydrogens (tertiary/aromatic N) is 2. The Hall–Kier alpha value is -1.56. The van der Waals surface area contributed by atoms with Crippen LogP contribution in [0, 0.1) is 16.0 Å². The lowest BCUT2D eigenvalue weighted by atomic mass is 9.98. The van der Waals surface area contributed by atoms with Crippen molar-refractivity contribution in [2.75, 3.05) is 17.2 Å². The third-order valence-electron chi connectivity index (χ3n) is 3.94. The number of nitro benzene ring substituents is 1. The van der Waals surface area contributed by atoms with E-state index in [1.54, 1.807) is 17.0 Å². The summed E-state index contributed by atoms with van der Waals surface area (Å²) in [5, 5.41) is 10.8. The van der Waals surface area contributed by atoms with Crippen LogP contribution in [0.3, 0.4) is 0 Å². The smallest absolute Gasteiger partial charge is 0.269 e. The van der Waals surface area contributed by atoms with Gasteiger partial charge in [0.1, 0.15) is 0 Å². The third kappa shape index (κ3) is 3.75. The van der Waals surface area contributed by atoms with Gasteiger partial charge in [-0.15, -0.1) is 0 Å². The zero-order chi connectivity index (χ0) is 15.4. The number of carbonyl (C=O) groups excluding carboxylic acids is 1. The van der Waals surface area contributed by atoms with Gasteiger partial charge < -0.3 is 4.90 Å². The summed E-state index contributed by atoms with van der Waals surface area (Å²) in [6, 6.07) is 4.77. The second-order valence-electron chi connectivity index (χ2n) is 5.52. The molecule has 6 heteroatoms. The van der Waals surface area contributed by atoms with Crippen LogP contribution in [0.4, 0.5) is 11.4 Å². The van der Waals surface area contributed by atoms with Crippen LogP contribution in [0.2, 0.25) is 0 Å². The van der Waals surface area contributed by atoms with Gasteiger partial charge in [-0.1, -0.05) is 6.92 Å². The second kappa shape index (κ2) is 6.93. The maximum Gasteiger partial charge on any atom is 0.269 e. The minimum atomic E-state index is -0.393. The Balaban J connectivity index is 2.16. The first kappa shape index (κ1) is 15.8. The molecule has 0 saturated carbocycles. The number of aryl methyl sites for hydroxylation is 1. The quantitative estimate of drug-likeness (QED) is 0.498. The van der Waals surface area contributed by atoms with Crippen molar-refractivity contribution in [3.8, 4) is 0 Å². The minimum absolute atomic E-state index is 0.0893. The molecular weight excluding hydrogens is 288 g/mol. The maximum absolute atomic E-state index is 12.1. The highest BCUT2D eigenvalue weighted by molar-refractivity contribution is 7.80. The molecule has 2 rings (SSSR count). The number of thiol groups is 1. The lowest BCUT2D eigenvalue weighted by molar-refractivity contribution is -0.384. The molecule has 21 heavy (non-hydrogen) atoms. The van der Waals surface area contributed by atoms with Gasteiger partial charge in [0.15, 0.2) is 0 Å². The van der Waals surface area contributed by atoms with E-state index in [1.165, 1.54) is 6.07 Å². The number of fused-ring (bicyclic) bond motifs is 1. The molecule has 1 aliphatic rings. The number of non-ortho nitro benzene ring substituents is 1. The SMILES string of the molecule is CC(CCS)CCN1C(=O)CCc2cc([N+](=O)[O-])ccc21. The number of amides is 1. The van der Waals surface area contributed by atoms with E-state index in [-0.39, 0.29) is 11.6 Å². The van der Waals surface area contributed by atoms with E-state index in [0.29, 0.717) is 25.3 Å². The van der Waals surface area contributed by atoms with Crippen LogP contribution < -0.4 is 4.90 Å². The average molecular weight is 308 g/mol. The standard InChI is InChI=1S/C15H20N2O3S/c1-11(7-9-21)6-8-16-14-4-3-13(17(19)20)10-12(14)2-5-15(16)18/h3-4,10-11,21H,2,5-9H2,1H3. The Morgan fingerprint density at radius 3 is 2.81 bits per heavy atom. The molecule has 1 amide bonds. The number of benzene rings is 1. The van der Waals surface area contributed by atoms with E-state index in [9.17, 15) is 14.9 Å². The van der Waals surface area contributed by atoms with Gasteiger partial charge in [0.2, 0.25) is 5.91 Å². The number of rotatable bonds is 6. The number of hydrogen-bond donors (Lipinski definition) is 1. The molecule has 1 unspecified atom stereocenters. The summed E-state index contributed by atoms with van der Waals surface area (Å²) < 4.78 is 0. The van der Waals surface area contributed by atoms with Gasteiger partial charge in [-0.05, 0) is 42.6 Å². The van der Waals surface area contributed by atoms with Gasteiger partial charge in [-0.2, -0.15) is 12.6 Å². The van der Waals surface area contributed by atoms with Gasteiger partial charge >= 0.3 is 0 Å². The number of nitro groups is 1. The molecule has 114 valence electrons. The summed E-state index contributed by atoms with van der Waals surface area (Å²) in [5.41, 5.74) is 1.81. The average Bonchev–Trinajstić information content (AvgIpc) is 2.46. The summed E-state index contributed by atoms with van der Waals surface area (Å²) in [7, 11) is 0. The molecule has 0 bridgehead atoms. The zero-order valence-electron chi connectivity index (χ0n) is 12.1. The van der Waals surface area contributed by atoms with Crippen LogP contribution in [0.25, 0.3) is 0 Å². The fourth-order valence-electron chi connectivity index (χ4n) is 2.62. The lowest BCUT2D eigenvalue weighted by Gasteiger charge is -2.30. The molecule has 1 aromatic carbocycles. The first-order chi connectivity index (χ1) is 10.0. The molecule has 5 nitrogen and oxygen atoms in total. The van der Waals surface area contributed by atoms with Crippen LogP contribution in [-0.4, -0.2) is 23.1 Å². The molecule has 1 aliphatic heterocycles. The van der Waals surface area contributed by atoms with Gasteiger partial charge in [0.25, 0.3) is 5.69 Å². The highest BCUT2D eigenvalue weighted by Gasteiger charge is 2.25. The molecule has 0 aliphatic carbocycles. The van der Waals surface area contributed by atoms with E-state index in [0.717, 1.165) is 29.8 Å². The zero-order valence-corrected chi connectivity index (χ0v) is 13.0. The summed E-state index contributed by atoms with van der Waals surface area (Å²) >= 11 is 4.23. The lowest BCUT2D eigenvalue weighted by Crippen LogP contribution is -2.36. The summed E-state index contributed by atoms with van der Waals surface area (Å²) in [4.78, 5) is 24.3. The van der Waals surface area contributed by atoms with Crippen molar-refractivity contribution in [2.45, 2.75) is 32.6 Å². The van der Waals surface area contributed by atoms with Crippen LogP contribution in [-0.2, 0) is 11.2 Å². The first-order valence-electron chi connectivity index (χ1n) is 7.21. The molecule has 1 aromatic rings. The Morgan fingerprint density at radius 1 is 1.38 bits per heavy atom. The van der Waals surface area contributed by atoms with E-state index >= 15 is 0 Å². The van der Waals surface area contributed by atoms with Crippen LogP contribution >= 0.6 is 12.6 Å². The van der Waals surface area contributed by atoms with Gasteiger partial charge in [-0.3, -0.25) is 14.9 Å². The van der Waals surface area contributed by atoms with Gasteiger partial charge in [-0.25, -0.2) is 0 Å². The summed E-state index contributed by atoms with van der Waals surface area (Å²) in [6.07, 6.45) is 2.95. The van der Waals surface area contributed by atoms with Crippen molar-refractivity contribution >= 4 is 29.9 Å². The Kier molecular flexibility index (Phi) is 5.22. The van der Waals surface area contributed by atoms with Crippen molar-refractivity contribution in [1.82, 2.24) is 0 Å². The summed E-state index contributed by atoms with van der Waals surface area (Å²) in [5.74, 6) is 1.46. The molecule has 1 atom stereocenters. The molecule has 0 fully saturated rings. The van der Waals surface area contributed by atoms with E-state index in [4.69, 9.17) is 0 Å². The fourth-order valence-corrected chi connectivity index (χ4v) is 3.06. The number of anilines is 1. The molecule has 0 radical (unpaired) electrons. The van der Waals surface area contributed by atoms with E-state index in [2.05, 4.69) is 19.6 Å². The van der Waals surface area contributed by atoms with Gasteiger partial charge in [0.05, 0.1) is 4.92 Å². The fraction of sp³-hybridized carbons (Fsp3) is 0.533. The number of carbonyl (C=O) groups is 1. The van der Waals surface area contributed by atoms with Crippen LogP contribution in [0.15, 0.2) is 18.2 Å². The van der Waals surface area contributed by atoms with Crippen molar-refractivity contribution in [1.29, 1.82) is 0 Å². The highest BCUT2D eigenvalue weighted by Crippen LogP contribution is 2.31. The number of hydrogen-bond acceptors (Lipinski definition) is 4. The summed E-state index contributed by atoms with van der Waals surface area (Å²) in [6.45, 7) is 2.82. The van der Waals surface area contributed by atoms with Crippen molar-refractivity contribution in [2.24, 2.45) is 5.92 Å². The predicted molar refractivity (Wildman–Crippen MR) is 86.0 cm³/mol. The monoisotopic (exact) mass is 308 g/mol. The van der Waals surface area contributed by atoms with Crippen molar-refractivity contribution in [3.05, 3.63) is 33.9 Å². The van der Waals surface area contributed by atoms with Crippen LogP contribution in [0.1, 0.15) is 31.7 Å². The Bertz CT molecular complexity index is 548. The van der Waals surface area contributed by atoms with Gasteiger partial charge in [0, 0.05) is 30.8 Å². The molecule has 0 spiro atoms. The Morgan fingerprint density at radius 2 is 2.14 bits per heavy atom. The maximum atomic E-state index is 12.1. The second-order valence-corrected chi connectivity index (χ2v) is 5.97. The topological polar surface area (TPSA) is 63.5 Å². The Labute approximate surface area is 129 Å². The first-order valence-corrected chi connectivity index (χ1v) is 7.84. The predicted octanol–water partition coefficient (Wildman–Crippen LogP) is 3.22. The molecule has 0 N–H and O–H groups in total. The molecule has 0 aromatic heterocycles. The largest absolute Gasteiger partial charge is 0.312 e. The third-order valence-corrected chi connectivity index (χ3v) is 4.20. The molecule has 0 saturated heterocycles.